The van der Waals surface area contributed by atoms with Crippen molar-refractivity contribution in [2.24, 2.45) is 17.8 Å². The largest absolute Gasteiger partial charge is 0.354 e. The van der Waals surface area contributed by atoms with Gasteiger partial charge in [-0.25, -0.2) is 0 Å². The minimum atomic E-state index is -0.225. The van der Waals surface area contributed by atoms with Gasteiger partial charge in [0.05, 0.1) is 12.6 Å². The molecule has 118 valence electrons. The Morgan fingerprint density at radius 3 is 2.76 bits per heavy atom. The molecule has 3 aliphatic rings. The van der Waals surface area contributed by atoms with E-state index in [-0.39, 0.29) is 23.9 Å². The molecule has 0 aromatic carbocycles. The normalized spacial score (nSPS) is 35.3. The molecule has 21 heavy (non-hydrogen) atoms. The van der Waals surface area contributed by atoms with Crippen LogP contribution in [0.15, 0.2) is 0 Å². The third-order valence-electron chi connectivity index (χ3n) is 5.80. The molecule has 1 aliphatic heterocycles. The number of fused-ring (bicyclic) bond motifs is 2. The zero-order valence-corrected chi connectivity index (χ0v) is 13.1. The molecule has 0 radical (unpaired) electrons. The highest BCUT2D eigenvalue weighted by Gasteiger charge is 2.42. The van der Waals surface area contributed by atoms with Crippen LogP contribution in [-0.4, -0.2) is 48.4 Å². The lowest BCUT2D eigenvalue weighted by molar-refractivity contribution is -0.130. The fourth-order valence-electron chi connectivity index (χ4n) is 4.51. The Labute approximate surface area is 126 Å². The maximum Gasteiger partial charge on any atom is 0.237 e. The average molecular weight is 293 g/mol. The lowest BCUT2D eigenvalue weighted by atomic mass is 9.84. The molecular formula is C16H27N3O2. The van der Waals surface area contributed by atoms with Crippen molar-refractivity contribution in [3.8, 4) is 0 Å². The second-order valence-electron chi connectivity index (χ2n) is 7.13. The van der Waals surface area contributed by atoms with Crippen LogP contribution in [0.25, 0.3) is 0 Å². The molecular weight excluding hydrogens is 266 g/mol. The van der Waals surface area contributed by atoms with E-state index in [9.17, 15) is 9.59 Å². The number of piperazine rings is 1. The maximum absolute atomic E-state index is 12.4. The number of amides is 2. The van der Waals surface area contributed by atoms with Crippen LogP contribution in [0.2, 0.25) is 0 Å². The lowest BCUT2D eigenvalue weighted by Crippen LogP contribution is -2.56. The molecule has 2 aliphatic carbocycles. The fraction of sp³-hybridized carbons (Fsp3) is 0.875. The van der Waals surface area contributed by atoms with Gasteiger partial charge in [0.25, 0.3) is 0 Å². The molecule has 0 unspecified atom stereocenters. The summed E-state index contributed by atoms with van der Waals surface area (Å²) in [6.07, 6.45) is 5.39. The van der Waals surface area contributed by atoms with E-state index >= 15 is 0 Å². The number of carbonyl (C=O) groups excluding carboxylic acids is 2. The SMILES string of the molecule is C[C@H](NC(=O)[C@H](C)N1CCNC(=O)C1)[C@@H]1C[C@H]2CC[C@H]1C2. The predicted octanol–water partition coefficient (Wildman–Crippen LogP) is 0.748. The fourth-order valence-corrected chi connectivity index (χ4v) is 4.51. The average Bonchev–Trinajstić information content (AvgIpc) is 3.09. The summed E-state index contributed by atoms with van der Waals surface area (Å²) >= 11 is 0. The minimum Gasteiger partial charge on any atom is -0.354 e. The van der Waals surface area contributed by atoms with Crippen molar-refractivity contribution in [2.75, 3.05) is 19.6 Å². The standard InChI is InChI=1S/C16H27N3O2/c1-10(14-8-12-3-4-13(14)7-12)18-16(21)11(2)19-6-5-17-15(20)9-19/h10-14H,3-9H2,1-2H3,(H,17,20)(H,18,21)/t10-,11-,12-,13-,14-/m0/s1. The Hall–Kier alpha value is -1.10. The number of hydrogen-bond donors (Lipinski definition) is 2. The molecule has 2 N–H and O–H groups in total. The summed E-state index contributed by atoms with van der Waals surface area (Å²) in [6, 6.07) is 0.0333. The summed E-state index contributed by atoms with van der Waals surface area (Å²) < 4.78 is 0. The quantitative estimate of drug-likeness (QED) is 0.804. The smallest absolute Gasteiger partial charge is 0.237 e. The van der Waals surface area contributed by atoms with Gasteiger partial charge >= 0.3 is 0 Å². The lowest BCUT2D eigenvalue weighted by Gasteiger charge is -2.34. The van der Waals surface area contributed by atoms with Crippen molar-refractivity contribution < 1.29 is 9.59 Å². The second kappa shape index (κ2) is 5.95. The van der Waals surface area contributed by atoms with Crippen LogP contribution in [0.3, 0.4) is 0 Å². The van der Waals surface area contributed by atoms with Crippen molar-refractivity contribution >= 4 is 11.8 Å². The number of rotatable bonds is 4. The van der Waals surface area contributed by atoms with E-state index in [1.807, 2.05) is 11.8 Å². The van der Waals surface area contributed by atoms with Crippen LogP contribution < -0.4 is 10.6 Å². The van der Waals surface area contributed by atoms with Gasteiger partial charge in [-0.05, 0) is 50.9 Å². The van der Waals surface area contributed by atoms with Crippen LogP contribution in [0.1, 0.15) is 39.5 Å². The van der Waals surface area contributed by atoms with Crippen LogP contribution in [0.4, 0.5) is 0 Å². The van der Waals surface area contributed by atoms with Crippen molar-refractivity contribution in [3.63, 3.8) is 0 Å². The molecule has 0 spiro atoms. The van der Waals surface area contributed by atoms with Crippen molar-refractivity contribution in [1.82, 2.24) is 15.5 Å². The molecule has 1 heterocycles. The third kappa shape index (κ3) is 3.07. The van der Waals surface area contributed by atoms with Crippen LogP contribution >= 0.6 is 0 Å². The zero-order chi connectivity index (χ0) is 15.0. The first-order valence-electron chi connectivity index (χ1n) is 8.35. The summed E-state index contributed by atoms with van der Waals surface area (Å²) in [5.74, 6) is 2.47. The van der Waals surface area contributed by atoms with Gasteiger partial charge < -0.3 is 10.6 Å². The van der Waals surface area contributed by atoms with Gasteiger partial charge in [0, 0.05) is 19.1 Å². The first kappa shape index (κ1) is 14.8. The molecule has 2 amide bonds. The summed E-state index contributed by atoms with van der Waals surface area (Å²) in [5.41, 5.74) is 0. The van der Waals surface area contributed by atoms with E-state index in [0.717, 1.165) is 18.4 Å². The Kier molecular flexibility index (Phi) is 4.20. The Morgan fingerprint density at radius 1 is 1.33 bits per heavy atom. The van der Waals surface area contributed by atoms with E-state index in [4.69, 9.17) is 0 Å². The molecule has 3 rings (SSSR count). The molecule has 0 aromatic rings. The van der Waals surface area contributed by atoms with Crippen molar-refractivity contribution in [3.05, 3.63) is 0 Å². The monoisotopic (exact) mass is 293 g/mol. The summed E-state index contributed by atoms with van der Waals surface area (Å²) in [4.78, 5) is 25.8. The van der Waals surface area contributed by atoms with Gasteiger partial charge in [0.15, 0.2) is 0 Å². The van der Waals surface area contributed by atoms with Gasteiger partial charge in [-0.15, -0.1) is 0 Å². The van der Waals surface area contributed by atoms with E-state index in [2.05, 4.69) is 17.6 Å². The highest BCUT2D eigenvalue weighted by molar-refractivity contribution is 5.84. The topological polar surface area (TPSA) is 61.4 Å². The predicted molar refractivity (Wildman–Crippen MR) is 80.6 cm³/mol. The number of carbonyl (C=O) groups is 2. The molecule has 3 fully saturated rings. The third-order valence-corrected chi connectivity index (χ3v) is 5.80. The van der Waals surface area contributed by atoms with Crippen molar-refractivity contribution in [1.29, 1.82) is 0 Å². The number of nitrogens with one attached hydrogen (secondary N) is 2. The van der Waals surface area contributed by atoms with E-state index in [1.54, 1.807) is 0 Å². The van der Waals surface area contributed by atoms with Crippen LogP contribution in [0.5, 0.6) is 0 Å². The zero-order valence-electron chi connectivity index (χ0n) is 13.1. The Morgan fingerprint density at radius 2 is 2.14 bits per heavy atom. The molecule has 1 saturated heterocycles. The van der Waals surface area contributed by atoms with Gasteiger partial charge in [0.1, 0.15) is 0 Å². The van der Waals surface area contributed by atoms with E-state index < -0.39 is 0 Å². The number of hydrogen-bond acceptors (Lipinski definition) is 3. The molecule has 5 nitrogen and oxygen atoms in total. The van der Waals surface area contributed by atoms with E-state index in [1.165, 1.54) is 25.7 Å². The van der Waals surface area contributed by atoms with Gasteiger partial charge in [-0.3, -0.25) is 14.5 Å². The molecule has 0 aromatic heterocycles. The molecule has 2 bridgehead atoms. The second-order valence-corrected chi connectivity index (χ2v) is 7.13. The summed E-state index contributed by atoms with van der Waals surface area (Å²) in [5, 5.41) is 6.00. The van der Waals surface area contributed by atoms with E-state index in [0.29, 0.717) is 19.0 Å². The number of nitrogens with zero attached hydrogens (tertiary/aromatic N) is 1. The van der Waals surface area contributed by atoms with Crippen molar-refractivity contribution in [2.45, 2.75) is 51.6 Å². The Bertz CT molecular complexity index is 426. The highest BCUT2D eigenvalue weighted by Crippen LogP contribution is 2.49. The van der Waals surface area contributed by atoms with Crippen LogP contribution in [-0.2, 0) is 9.59 Å². The minimum absolute atomic E-state index is 0.0158. The molecule has 5 atom stereocenters. The van der Waals surface area contributed by atoms with Crippen LogP contribution in [0, 0.1) is 17.8 Å². The first-order valence-corrected chi connectivity index (χ1v) is 8.35. The first-order chi connectivity index (χ1) is 10.0. The maximum atomic E-state index is 12.4. The highest BCUT2D eigenvalue weighted by atomic mass is 16.2. The van der Waals surface area contributed by atoms with Gasteiger partial charge in [-0.2, -0.15) is 0 Å². The summed E-state index contributed by atoms with van der Waals surface area (Å²) in [7, 11) is 0. The van der Waals surface area contributed by atoms with Gasteiger partial charge in [0.2, 0.25) is 11.8 Å². The molecule has 5 heteroatoms. The summed E-state index contributed by atoms with van der Waals surface area (Å²) in [6.45, 7) is 5.78. The molecule has 2 saturated carbocycles. The van der Waals surface area contributed by atoms with Gasteiger partial charge in [-0.1, -0.05) is 6.42 Å². The Balaban J connectivity index is 1.52.